The number of nitrogens with zero attached hydrogens (tertiary/aromatic N) is 1. The van der Waals surface area contributed by atoms with E-state index in [0.29, 0.717) is 5.56 Å². The summed E-state index contributed by atoms with van der Waals surface area (Å²) in [5.74, 6) is 0. The molecule has 1 aliphatic heterocycles. The molecule has 0 aromatic carbocycles. The quantitative estimate of drug-likeness (QED) is 0.586. The molecule has 0 amide bonds. The lowest BCUT2D eigenvalue weighted by Gasteiger charge is -2.57. The molecule has 0 radical (unpaired) electrons. The van der Waals surface area contributed by atoms with Crippen LogP contribution in [0.5, 0.6) is 0 Å². The first-order valence-corrected chi connectivity index (χ1v) is 17.1. The van der Waals surface area contributed by atoms with Gasteiger partial charge in [0, 0.05) is 17.3 Å². The van der Waals surface area contributed by atoms with Crippen molar-refractivity contribution in [2.24, 2.45) is 0 Å². The maximum Gasteiger partial charge on any atom is 0.330 e. The third-order valence-corrected chi connectivity index (χ3v) is 21.3. The number of aliphatic hydroxyl groups is 2. The molecule has 4 atom stereocenters. The Balaban J connectivity index is 3.10. The summed E-state index contributed by atoms with van der Waals surface area (Å²) < 4.78 is 8.26. The first-order chi connectivity index (χ1) is 13.8. The molecule has 1 saturated heterocycles. The van der Waals surface area contributed by atoms with Crippen molar-refractivity contribution in [1.82, 2.24) is 9.55 Å². The Morgan fingerprint density at radius 2 is 1.61 bits per heavy atom. The van der Waals surface area contributed by atoms with Gasteiger partial charge in [0.25, 0.3) is 5.56 Å². The van der Waals surface area contributed by atoms with Gasteiger partial charge in [-0.15, -0.1) is 0 Å². The summed E-state index contributed by atoms with van der Waals surface area (Å²) in [6.45, 7) is 23.1. The maximum absolute atomic E-state index is 13.3. The number of aromatic amines is 1. The van der Waals surface area contributed by atoms with Crippen molar-refractivity contribution in [1.29, 1.82) is 0 Å². The van der Waals surface area contributed by atoms with Crippen LogP contribution in [0.2, 0.25) is 41.8 Å². The van der Waals surface area contributed by atoms with Crippen LogP contribution in [0, 0.1) is 6.92 Å². The van der Waals surface area contributed by atoms with Crippen LogP contribution in [-0.4, -0.2) is 54.7 Å². The van der Waals surface area contributed by atoms with Gasteiger partial charge in [-0.1, -0.05) is 67.7 Å². The molecule has 9 heteroatoms. The molecule has 1 aromatic rings. The Morgan fingerprint density at radius 3 is 2.03 bits per heavy atom. The Kier molecular flexibility index (Phi) is 6.60. The van der Waals surface area contributed by atoms with Gasteiger partial charge in [-0.25, -0.2) is 4.79 Å². The summed E-state index contributed by atoms with van der Waals surface area (Å²) in [6.07, 6.45) is -0.125. The van der Waals surface area contributed by atoms with Gasteiger partial charge in [-0.2, -0.15) is 0 Å². The third kappa shape index (κ3) is 3.76. The highest BCUT2D eigenvalue weighted by Gasteiger charge is 2.71. The fourth-order valence-corrected chi connectivity index (χ4v) is 13.3. The number of H-pyrrole nitrogens is 1. The normalized spacial score (nSPS) is 28.2. The summed E-state index contributed by atoms with van der Waals surface area (Å²) in [7, 11) is -4.96. The van der Waals surface area contributed by atoms with E-state index in [1.54, 1.807) is 17.7 Å². The monoisotopic (exact) mass is 470 g/mol. The van der Waals surface area contributed by atoms with E-state index in [0.717, 1.165) is 0 Å². The van der Waals surface area contributed by atoms with Crippen LogP contribution in [0.3, 0.4) is 0 Å². The summed E-state index contributed by atoms with van der Waals surface area (Å²) >= 11 is 0. The molecule has 3 N–H and O–H groups in total. The molecule has 2 rings (SSSR count). The molecule has 1 aliphatic rings. The Hall–Kier alpha value is -1.01. The van der Waals surface area contributed by atoms with E-state index in [2.05, 4.69) is 72.7 Å². The second kappa shape index (κ2) is 7.79. The molecule has 0 aliphatic carbocycles. The topological polar surface area (TPSA) is 105 Å². The SMILES string of the molecule is Cc1cn([C@]2([Si](C)(C)C(C)(C)C)O[C@H](CO)[C@@H](O)C2[Si](C)(C)C(C)(C)C)c(=O)[nH]c1=O. The smallest absolute Gasteiger partial charge is 0.330 e. The zero-order chi connectivity index (χ0) is 24.4. The average molecular weight is 471 g/mol. The first-order valence-electron chi connectivity index (χ1n) is 11.1. The van der Waals surface area contributed by atoms with E-state index in [1.165, 1.54) is 0 Å². The van der Waals surface area contributed by atoms with Gasteiger partial charge in [0.15, 0.2) is 0 Å². The van der Waals surface area contributed by atoms with Crippen molar-refractivity contribution < 1.29 is 14.9 Å². The molecule has 0 bridgehead atoms. The fraction of sp³-hybridized carbons (Fsp3) is 0.818. The van der Waals surface area contributed by atoms with E-state index >= 15 is 0 Å². The highest BCUT2D eigenvalue weighted by Crippen LogP contribution is 2.63. The van der Waals surface area contributed by atoms with Gasteiger partial charge < -0.3 is 14.9 Å². The molecular weight excluding hydrogens is 428 g/mol. The lowest BCUT2D eigenvalue weighted by molar-refractivity contribution is -0.0781. The third-order valence-electron chi connectivity index (χ3n) is 8.61. The van der Waals surface area contributed by atoms with Gasteiger partial charge in [0.2, 0.25) is 0 Å². The van der Waals surface area contributed by atoms with Crippen LogP contribution < -0.4 is 11.2 Å². The standard InChI is InChI=1S/C22H42N2O5Si2/c1-14-12-24(19(28)23-18(14)27)22(31(10,11)21(5,6)7)17(16(26)15(13-25)29-22)30(8,9)20(2,3)4/h12,15-17,25-26H,13H2,1-11H3,(H,23,27,28)/t15-,16-,17?,22+/m1/s1. The van der Waals surface area contributed by atoms with Gasteiger partial charge in [-0.3, -0.25) is 14.3 Å². The number of hydrogen-bond donors (Lipinski definition) is 3. The predicted molar refractivity (Wildman–Crippen MR) is 130 cm³/mol. The Labute approximate surface area is 187 Å². The van der Waals surface area contributed by atoms with E-state index in [-0.39, 0.29) is 22.2 Å². The van der Waals surface area contributed by atoms with Crippen LogP contribution in [0.1, 0.15) is 47.1 Å². The molecule has 2 heterocycles. The highest BCUT2D eigenvalue weighted by atomic mass is 28.3. The molecule has 0 spiro atoms. The molecule has 0 saturated carbocycles. The lowest BCUT2D eigenvalue weighted by Crippen LogP contribution is -2.69. The number of ether oxygens (including phenoxy) is 1. The molecule has 1 aromatic heterocycles. The minimum atomic E-state index is -2.60. The molecule has 1 fully saturated rings. The number of rotatable bonds is 4. The summed E-state index contributed by atoms with van der Waals surface area (Å²) in [4.78, 5) is 28.0. The van der Waals surface area contributed by atoms with Crippen LogP contribution in [0.15, 0.2) is 15.8 Å². The van der Waals surface area contributed by atoms with Crippen molar-refractivity contribution >= 4 is 16.1 Å². The van der Waals surface area contributed by atoms with Crippen molar-refractivity contribution in [2.75, 3.05) is 6.61 Å². The number of nitrogens with one attached hydrogen (secondary N) is 1. The van der Waals surface area contributed by atoms with Crippen LogP contribution in [-0.2, 0) is 10.1 Å². The molecular formula is C22H42N2O5Si2. The van der Waals surface area contributed by atoms with Gasteiger partial charge >= 0.3 is 5.69 Å². The first kappa shape index (κ1) is 26.2. The molecule has 31 heavy (non-hydrogen) atoms. The van der Waals surface area contributed by atoms with Crippen LogP contribution in [0.4, 0.5) is 0 Å². The second-order valence-electron chi connectivity index (χ2n) is 12.3. The Morgan fingerprint density at radius 1 is 1.10 bits per heavy atom. The van der Waals surface area contributed by atoms with Crippen molar-refractivity contribution in [3.63, 3.8) is 0 Å². The predicted octanol–water partition coefficient (Wildman–Crippen LogP) is 3.18. The number of aryl methyl sites for hydroxylation is 1. The van der Waals surface area contributed by atoms with E-state index < -0.39 is 45.0 Å². The average Bonchev–Trinajstić information content (AvgIpc) is 2.90. The van der Waals surface area contributed by atoms with Gasteiger partial charge in [0.05, 0.1) is 20.8 Å². The van der Waals surface area contributed by atoms with Crippen LogP contribution >= 0.6 is 0 Å². The fourth-order valence-electron chi connectivity index (χ4n) is 4.74. The van der Waals surface area contributed by atoms with E-state index in [9.17, 15) is 19.8 Å². The number of hydrogen-bond acceptors (Lipinski definition) is 5. The summed E-state index contributed by atoms with van der Waals surface area (Å²) in [6, 6.07) is 0. The van der Waals surface area contributed by atoms with E-state index in [4.69, 9.17) is 4.74 Å². The van der Waals surface area contributed by atoms with Crippen molar-refractivity contribution in [2.45, 2.75) is 108 Å². The van der Waals surface area contributed by atoms with Crippen molar-refractivity contribution in [3.8, 4) is 0 Å². The van der Waals surface area contributed by atoms with Gasteiger partial charge in [0.1, 0.15) is 19.5 Å². The summed E-state index contributed by atoms with van der Waals surface area (Å²) in [5, 5.41) is 20.3. The number of aliphatic hydroxyl groups excluding tert-OH is 2. The number of aromatic nitrogens is 2. The highest BCUT2D eigenvalue weighted by molar-refractivity contribution is 6.87. The van der Waals surface area contributed by atoms with E-state index in [1.807, 2.05) is 0 Å². The van der Waals surface area contributed by atoms with Gasteiger partial charge in [-0.05, 0) is 17.0 Å². The largest absolute Gasteiger partial charge is 0.394 e. The zero-order valence-electron chi connectivity index (χ0n) is 21.1. The maximum atomic E-state index is 13.3. The Bertz CT molecular complexity index is 939. The lowest BCUT2D eigenvalue weighted by atomic mass is 10.1. The second-order valence-corrected chi connectivity index (χ2v) is 23.3. The zero-order valence-corrected chi connectivity index (χ0v) is 23.1. The van der Waals surface area contributed by atoms with Crippen LogP contribution in [0.25, 0.3) is 0 Å². The van der Waals surface area contributed by atoms with Crippen molar-refractivity contribution in [3.05, 3.63) is 32.6 Å². The molecule has 178 valence electrons. The molecule has 7 nitrogen and oxygen atoms in total. The molecule has 1 unspecified atom stereocenters. The summed E-state index contributed by atoms with van der Waals surface area (Å²) in [5.41, 5.74) is -0.902. The minimum Gasteiger partial charge on any atom is -0.394 e. The minimum absolute atomic E-state index is 0.110.